The highest BCUT2D eigenvalue weighted by atomic mass is 16.3. The Morgan fingerprint density at radius 1 is 1.33 bits per heavy atom. The zero-order chi connectivity index (χ0) is 21.0. The quantitative estimate of drug-likeness (QED) is 0.621. The highest BCUT2D eigenvalue weighted by Crippen LogP contribution is 2.54. The number of pyridine rings is 1. The fourth-order valence-electron chi connectivity index (χ4n) is 4.62. The molecule has 1 aliphatic carbocycles. The molecule has 0 radical (unpaired) electrons. The van der Waals surface area contributed by atoms with Crippen molar-refractivity contribution in [3.63, 3.8) is 0 Å². The molecule has 1 unspecified atom stereocenters. The maximum Gasteiger partial charge on any atom is 0.267 e. The van der Waals surface area contributed by atoms with Crippen LogP contribution in [0.25, 0.3) is 10.9 Å². The van der Waals surface area contributed by atoms with Gasteiger partial charge in [0.25, 0.3) is 5.91 Å². The molecule has 5 rings (SSSR count). The van der Waals surface area contributed by atoms with Crippen molar-refractivity contribution in [2.45, 2.75) is 32.7 Å². The van der Waals surface area contributed by atoms with Gasteiger partial charge >= 0.3 is 0 Å². The van der Waals surface area contributed by atoms with Gasteiger partial charge in [-0.15, -0.1) is 0 Å². The third kappa shape index (κ3) is 2.89. The third-order valence-electron chi connectivity index (χ3n) is 6.30. The summed E-state index contributed by atoms with van der Waals surface area (Å²) >= 11 is 0. The van der Waals surface area contributed by atoms with Crippen LogP contribution in [0, 0.1) is 19.3 Å². The van der Waals surface area contributed by atoms with Crippen LogP contribution in [0.1, 0.15) is 33.7 Å². The van der Waals surface area contributed by atoms with E-state index < -0.39 is 5.41 Å². The number of aryl methyl sites for hydroxylation is 2. The van der Waals surface area contributed by atoms with Gasteiger partial charge in [-0.2, -0.15) is 0 Å². The molecule has 30 heavy (non-hydrogen) atoms. The van der Waals surface area contributed by atoms with Crippen molar-refractivity contribution in [2.24, 2.45) is 5.41 Å². The van der Waals surface area contributed by atoms with Crippen molar-refractivity contribution in [1.29, 1.82) is 0 Å². The van der Waals surface area contributed by atoms with E-state index >= 15 is 0 Å². The number of amides is 2. The third-order valence-corrected chi connectivity index (χ3v) is 6.30. The number of fused-ring (bicyclic) bond motifs is 2. The molecule has 1 saturated carbocycles. The van der Waals surface area contributed by atoms with Crippen LogP contribution in [0.4, 0.5) is 5.69 Å². The number of benzene rings is 1. The molecule has 2 amide bonds. The minimum absolute atomic E-state index is 0.0172. The van der Waals surface area contributed by atoms with E-state index in [4.69, 9.17) is 0 Å². The molecule has 2 aromatic heterocycles. The van der Waals surface area contributed by atoms with Gasteiger partial charge in [-0.05, 0) is 56.0 Å². The van der Waals surface area contributed by atoms with Gasteiger partial charge in [-0.25, -0.2) is 0 Å². The molecule has 1 aromatic carbocycles. The number of β-amino-alcohol motifs (C(OH)–C–C–N with tert-alkyl or cyclic N) is 1. The van der Waals surface area contributed by atoms with Gasteiger partial charge in [-0.3, -0.25) is 14.6 Å². The number of aliphatic hydroxyl groups excluding tert-OH is 1. The SMILES string of the molecule is Cc1ccc2c(c1)N(CCO)C(=O)C1(C2)C[C@@H]1NC(=O)c1cc2cc(C)ncc2[nH]1. The number of aromatic nitrogens is 2. The number of carbonyl (C=O) groups is 2. The summed E-state index contributed by atoms with van der Waals surface area (Å²) in [5, 5.41) is 13.5. The largest absolute Gasteiger partial charge is 0.395 e. The number of hydrogen-bond acceptors (Lipinski definition) is 4. The summed E-state index contributed by atoms with van der Waals surface area (Å²) in [6.07, 6.45) is 2.92. The molecule has 2 atom stereocenters. The molecule has 1 aliphatic heterocycles. The van der Waals surface area contributed by atoms with E-state index in [0.717, 1.165) is 33.4 Å². The average molecular weight is 404 g/mol. The first-order valence-corrected chi connectivity index (χ1v) is 10.2. The fourth-order valence-corrected chi connectivity index (χ4v) is 4.62. The second-order valence-corrected chi connectivity index (χ2v) is 8.47. The number of hydrogen-bond donors (Lipinski definition) is 3. The van der Waals surface area contributed by atoms with Crippen LogP contribution in [-0.4, -0.2) is 46.1 Å². The van der Waals surface area contributed by atoms with E-state index in [2.05, 4.69) is 15.3 Å². The normalized spacial score (nSPS) is 22.4. The van der Waals surface area contributed by atoms with Gasteiger partial charge in [0.05, 0.1) is 23.7 Å². The second-order valence-electron chi connectivity index (χ2n) is 8.47. The van der Waals surface area contributed by atoms with Crippen LogP contribution in [0.2, 0.25) is 0 Å². The minimum Gasteiger partial charge on any atom is -0.395 e. The highest BCUT2D eigenvalue weighted by molar-refractivity contribution is 6.05. The summed E-state index contributed by atoms with van der Waals surface area (Å²) in [4.78, 5) is 35.2. The number of rotatable bonds is 4. The lowest BCUT2D eigenvalue weighted by Gasteiger charge is -2.35. The lowest BCUT2D eigenvalue weighted by Crippen LogP contribution is -2.47. The van der Waals surface area contributed by atoms with Crippen LogP contribution in [0.3, 0.4) is 0 Å². The van der Waals surface area contributed by atoms with Crippen LogP contribution >= 0.6 is 0 Å². The Kier molecular flexibility index (Phi) is 4.18. The first-order valence-electron chi connectivity index (χ1n) is 10.2. The van der Waals surface area contributed by atoms with E-state index in [0.29, 0.717) is 18.5 Å². The molecule has 7 heteroatoms. The Balaban J connectivity index is 1.39. The topological polar surface area (TPSA) is 98.3 Å². The molecule has 0 saturated heterocycles. The number of nitrogens with zero attached hydrogens (tertiary/aromatic N) is 2. The van der Waals surface area contributed by atoms with Crippen LogP contribution < -0.4 is 10.2 Å². The van der Waals surface area contributed by atoms with Gasteiger partial charge in [0, 0.05) is 29.4 Å². The van der Waals surface area contributed by atoms with Crippen molar-refractivity contribution in [1.82, 2.24) is 15.3 Å². The molecule has 3 N–H and O–H groups in total. The molecule has 3 heterocycles. The molecule has 2 aliphatic rings. The smallest absolute Gasteiger partial charge is 0.267 e. The molecule has 3 aromatic rings. The van der Waals surface area contributed by atoms with Crippen molar-refractivity contribution >= 4 is 28.4 Å². The van der Waals surface area contributed by atoms with Crippen molar-refractivity contribution in [2.75, 3.05) is 18.1 Å². The summed E-state index contributed by atoms with van der Waals surface area (Å²) in [5.41, 5.74) is 4.56. The van der Waals surface area contributed by atoms with Crippen LogP contribution in [0.15, 0.2) is 36.5 Å². The zero-order valence-corrected chi connectivity index (χ0v) is 17.0. The number of anilines is 1. The van der Waals surface area contributed by atoms with E-state index in [-0.39, 0.29) is 31.0 Å². The molecular formula is C23H24N4O3. The van der Waals surface area contributed by atoms with Gasteiger partial charge in [0.15, 0.2) is 0 Å². The Bertz CT molecular complexity index is 1180. The zero-order valence-electron chi connectivity index (χ0n) is 17.0. The monoisotopic (exact) mass is 404 g/mol. The molecule has 1 spiro atoms. The lowest BCUT2D eigenvalue weighted by atomic mass is 9.87. The van der Waals surface area contributed by atoms with E-state index in [1.807, 2.05) is 44.2 Å². The predicted octanol–water partition coefficient (Wildman–Crippen LogP) is 2.25. The van der Waals surface area contributed by atoms with Crippen molar-refractivity contribution in [3.05, 3.63) is 59.0 Å². The Morgan fingerprint density at radius 3 is 2.97 bits per heavy atom. The molecule has 154 valence electrons. The van der Waals surface area contributed by atoms with E-state index in [1.54, 1.807) is 11.1 Å². The van der Waals surface area contributed by atoms with Gasteiger partial charge in [0.2, 0.25) is 5.91 Å². The van der Waals surface area contributed by atoms with Crippen molar-refractivity contribution in [3.8, 4) is 0 Å². The fraction of sp³-hybridized carbons (Fsp3) is 0.348. The summed E-state index contributed by atoms with van der Waals surface area (Å²) in [6, 6.07) is 9.60. The van der Waals surface area contributed by atoms with Gasteiger partial charge in [-0.1, -0.05) is 12.1 Å². The maximum atomic E-state index is 13.3. The standard InChI is InChI=1S/C23H24N4O3/c1-13-3-4-15-10-23(22(30)27(5-6-28)19(15)7-13)11-20(23)26-21(29)17-9-16-8-14(2)24-12-18(16)25-17/h3-4,7-9,12,20,25,28H,5-6,10-11H2,1-2H3,(H,26,29)/t20-,23?/m0/s1. The molecule has 1 fully saturated rings. The average Bonchev–Trinajstić information content (AvgIpc) is 3.21. The van der Waals surface area contributed by atoms with Gasteiger partial charge in [0.1, 0.15) is 5.69 Å². The number of H-pyrrole nitrogens is 1. The van der Waals surface area contributed by atoms with Crippen molar-refractivity contribution < 1.29 is 14.7 Å². The Hall–Kier alpha value is -3.19. The Labute approximate surface area is 174 Å². The first-order chi connectivity index (χ1) is 14.4. The lowest BCUT2D eigenvalue weighted by molar-refractivity contribution is -0.124. The van der Waals surface area contributed by atoms with Crippen LogP contribution in [-0.2, 0) is 11.2 Å². The van der Waals surface area contributed by atoms with E-state index in [1.165, 1.54) is 0 Å². The first kappa shape index (κ1) is 18.8. The highest BCUT2D eigenvalue weighted by Gasteiger charge is 2.63. The van der Waals surface area contributed by atoms with Crippen LogP contribution in [0.5, 0.6) is 0 Å². The second kappa shape index (κ2) is 6.67. The summed E-state index contributed by atoms with van der Waals surface area (Å²) < 4.78 is 0. The van der Waals surface area contributed by atoms with E-state index in [9.17, 15) is 14.7 Å². The summed E-state index contributed by atoms with van der Waals surface area (Å²) in [5.74, 6) is -0.238. The summed E-state index contributed by atoms with van der Waals surface area (Å²) in [7, 11) is 0. The molecule has 0 bridgehead atoms. The number of nitrogens with one attached hydrogen (secondary N) is 2. The molecular weight excluding hydrogens is 380 g/mol. The maximum absolute atomic E-state index is 13.3. The Morgan fingerprint density at radius 2 is 2.17 bits per heavy atom. The minimum atomic E-state index is -0.628. The number of aromatic amines is 1. The number of aliphatic hydroxyl groups is 1. The number of carbonyl (C=O) groups excluding carboxylic acids is 2. The predicted molar refractivity (Wildman–Crippen MR) is 113 cm³/mol. The molecule has 7 nitrogen and oxygen atoms in total. The van der Waals surface area contributed by atoms with Gasteiger partial charge < -0.3 is 20.3 Å². The summed E-state index contributed by atoms with van der Waals surface area (Å²) in [6.45, 7) is 4.05.